The average molecular weight is 439 g/mol. The maximum Gasteiger partial charge on any atom is 0.337 e. The molecule has 0 bridgehead atoms. The van der Waals surface area contributed by atoms with Crippen molar-refractivity contribution in [2.45, 2.75) is 51.7 Å². The first-order valence-electron chi connectivity index (χ1n) is 11.2. The molecule has 7 heteroatoms. The van der Waals surface area contributed by atoms with Crippen molar-refractivity contribution in [3.05, 3.63) is 59.7 Å². The van der Waals surface area contributed by atoms with Crippen molar-refractivity contribution in [3.8, 4) is 5.75 Å². The molecule has 3 atom stereocenters. The second-order valence-electron chi connectivity index (χ2n) is 8.55. The quantitative estimate of drug-likeness (QED) is 0.276. The Morgan fingerprint density at radius 1 is 1.22 bits per heavy atom. The molecule has 3 rings (SSSR count). The van der Waals surface area contributed by atoms with Gasteiger partial charge in [-0.2, -0.15) is 0 Å². The van der Waals surface area contributed by atoms with Crippen LogP contribution in [0.25, 0.3) is 0 Å². The Bertz CT molecular complexity index is 922. The SMILES string of the molecule is COC(=O)c1ccc(O)c(NC(=NC(C)CCc2ccccc2)N2CC(C)NC(C)C2)c1. The van der Waals surface area contributed by atoms with Crippen molar-refractivity contribution in [3.63, 3.8) is 0 Å². The minimum atomic E-state index is -0.452. The van der Waals surface area contributed by atoms with Crippen molar-refractivity contribution in [2.24, 2.45) is 4.99 Å². The summed E-state index contributed by atoms with van der Waals surface area (Å²) in [7, 11) is 1.34. The molecule has 0 saturated carbocycles. The number of carbonyl (C=O) groups excluding carboxylic acids is 1. The van der Waals surface area contributed by atoms with Gasteiger partial charge in [0.25, 0.3) is 0 Å². The first-order chi connectivity index (χ1) is 15.4. The largest absolute Gasteiger partial charge is 0.506 e. The highest BCUT2D eigenvalue weighted by Gasteiger charge is 2.25. The third kappa shape index (κ3) is 6.47. The number of phenolic OH excluding ortho intramolecular Hbond substituents is 1. The molecule has 0 amide bonds. The van der Waals surface area contributed by atoms with Gasteiger partial charge in [-0.1, -0.05) is 30.3 Å². The number of aromatic hydroxyl groups is 1. The van der Waals surface area contributed by atoms with E-state index in [-0.39, 0.29) is 11.8 Å². The Kier molecular flexibility index (Phi) is 8.11. The summed E-state index contributed by atoms with van der Waals surface area (Å²) in [6.45, 7) is 7.98. The second kappa shape index (κ2) is 11.0. The lowest BCUT2D eigenvalue weighted by molar-refractivity contribution is 0.0601. The zero-order valence-electron chi connectivity index (χ0n) is 19.3. The van der Waals surface area contributed by atoms with Crippen LogP contribution < -0.4 is 10.6 Å². The number of anilines is 1. The van der Waals surface area contributed by atoms with E-state index in [0.29, 0.717) is 29.3 Å². The third-order valence-corrected chi connectivity index (χ3v) is 5.56. The van der Waals surface area contributed by atoms with Crippen molar-refractivity contribution >= 4 is 17.6 Å². The first-order valence-corrected chi connectivity index (χ1v) is 11.2. The van der Waals surface area contributed by atoms with Crippen molar-refractivity contribution in [1.29, 1.82) is 0 Å². The summed E-state index contributed by atoms with van der Waals surface area (Å²) < 4.78 is 4.82. The van der Waals surface area contributed by atoms with Gasteiger partial charge in [-0.05, 0) is 57.4 Å². The first kappa shape index (κ1) is 23.6. The summed E-state index contributed by atoms with van der Waals surface area (Å²) >= 11 is 0. The summed E-state index contributed by atoms with van der Waals surface area (Å²) in [4.78, 5) is 19.2. The van der Waals surface area contributed by atoms with Gasteiger partial charge in [-0.15, -0.1) is 0 Å². The maximum absolute atomic E-state index is 12.0. The van der Waals surface area contributed by atoms with Crippen molar-refractivity contribution in [2.75, 3.05) is 25.5 Å². The molecule has 2 aromatic rings. The van der Waals surface area contributed by atoms with Crippen LogP contribution >= 0.6 is 0 Å². The average Bonchev–Trinajstić information content (AvgIpc) is 2.78. The number of nitrogens with zero attached hydrogens (tertiary/aromatic N) is 2. The summed E-state index contributed by atoms with van der Waals surface area (Å²) in [5.41, 5.74) is 2.09. The smallest absolute Gasteiger partial charge is 0.337 e. The molecule has 3 N–H and O–H groups in total. The van der Waals surface area contributed by atoms with E-state index in [9.17, 15) is 9.90 Å². The van der Waals surface area contributed by atoms with Crippen LogP contribution in [-0.4, -0.2) is 60.3 Å². The molecular weight excluding hydrogens is 404 g/mol. The van der Waals surface area contributed by atoms with Crippen LogP contribution in [0.4, 0.5) is 5.69 Å². The van der Waals surface area contributed by atoms with Gasteiger partial charge in [0.2, 0.25) is 0 Å². The fraction of sp³-hybridized carbons (Fsp3) is 0.440. The molecule has 1 fully saturated rings. The molecule has 1 aliphatic rings. The van der Waals surface area contributed by atoms with Gasteiger partial charge in [0.15, 0.2) is 5.96 Å². The van der Waals surface area contributed by atoms with Crippen LogP contribution in [-0.2, 0) is 11.2 Å². The molecular formula is C25H34N4O3. The molecule has 2 aromatic carbocycles. The standard InChI is InChI=1S/C25H34N4O3/c1-17(10-11-20-8-6-5-7-9-20)27-25(29-15-18(2)26-19(3)16-29)28-22-14-21(24(31)32-4)12-13-23(22)30/h5-9,12-14,17-19,26,30H,10-11,15-16H2,1-4H3,(H,27,28). The highest BCUT2D eigenvalue weighted by molar-refractivity contribution is 5.97. The normalized spacial score (nSPS) is 20.0. The molecule has 0 spiro atoms. The van der Waals surface area contributed by atoms with Crippen LogP contribution in [0.1, 0.15) is 43.1 Å². The number of carbonyl (C=O) groups is 1. The maximum atomic E-state index is 12.0. The zero-order chi connectivity index (χ0) is 23.1. The molecule has 1 saturated heterocycles. The molecule has 1 aliphatic heterocycles. The Balaban J connectivity index is 1.83. The number of hydrogen-bond donors (Lipinski definition) is 3. The summed E-state index contributed by atoms with van der Waals surface area (Å²) in [6, 6.07) is 15.7. The van der Waals surface area contributed by atoms with Gasteiger partial charge in [-0.25, -0.2) is 9.79 Å². The number of phenols is 1. The van der Waals surface area contributed by atoms with Crippen molar-refractivity contribution < 1.29 is 14.6 Å². The number of nitrogens with one attached hydrogen (secondary N) is 2. The fourth-order valence-corrected chi connectivity index (χ4v) is 3.99. The van der Waals surface area contributed by atoms with E-state index in [1.807, 2.05) is 6.07 Å². The van der Waals surface area contributed by atoms with E-state index in [2.05, 4.69) is 60.6 Å². The lowest BCUT2D eigenvalue weighted by Crippen LogP contribution is -2.57. The highest BCUT2D eigenvalue weighted by atomic mass is 16.5. The highest BCUT2D eigenvalue weighted by Crippen LogP contribution is 2.25. The number of aryl methyl sites for hydroxylation is 1. The Morgan fingerprint density at radius 2 is 1.91 bits per heavy atom. The number of rotatable bonds is 6. The van der Waals surface area contributed by atoms with Crippen molar-refractivity contribution in [1.82, 2.24) is 10.2 Å². The van der Waals surface area contributed by atoms with Crippen LogP contribution in [0.2, 0.25) is 0 Å². The fourth-order valence-electron chi connectivity index (χ4n) is 3.99. The van der Waals surface area contributed by atoms with Crippen LogP contribution in [0, 0.1) is 0 Å². The second-order valence-corrected chi connectivity index (χ2v) is 8.55. The number of aliphatic imine (C=N–C) groups is 1. The molecule has 0 radical (unpaired) electrons. The molecule has 1 heterocycles. The van der Waals surface area contributed by atoms with Crippen LogP contribution in [0.5, 0.6) is 5.75 Å². The minimum absolute atomic E-state index is 0.0542. The van der Waals surface area contributed by atoms with Gasteiger partial charge in [0, 0.05) is 25.2 Å². The summed E-state index contributed by atoms with van der Waals surface area (Å²) in [5.74, 6) is 0.300. The number of hydrogen-bond acceptors (Lipinski definition) is 5. The third-order valence-electron chi connectivity index (χ3n) is 5.56. The van der Waals surface area contributed by atoms with Crippen LogP contribution in [0.15, 0.2) is 53.5 Å². The number of esters is 1. The predicted molar refractivity (Wildman–Crippen MR) is 128 cm³/mol. The predicted octanol–water partition coefficient (Wildman–Crippen LogP) is 3.65. The van der Waals surface area contributed by atoms with E-state index in [1.54, 1.807) is 12.1 Å². The van der Waals surface area contributed by atoms with Crippen LogP contribution in [0.3, 0.4) is 0 Å². The topological polar surface area (TPSA) is 86.2 Å². The lowest BCUT2D eigenvalue weighted by atomic mass is 10.1. The molecule has 172 valence electrons. The number of piperazine rings is 1. The Morgan fingerprint density at radius 3 is 2.56 bits per heavy atom. The molecule has 7 nitrogen and oxygen atoms in total. The Hall–Kier alpha value is -3.06. The summed E-state index contributed by atoms with van der Waals surface area (Å²) in [6.07, 6.45) is 1.84. The zero-order valence-corrected chi connectivity index (χ0v) is 19.3. The van der Waals surface area contributed by atoms with Gasteiger partial charge in [-0.3, -0.25) is 0 Å². The lowest BCUT2D eigenvalue weighted by Gasteiger charge is -2.38. The van der Waals surface area contributed by atoms with E-state index in [0.717, 1.165) is 25.9 Å². The van der Waals surface area contributed by atoms with E-state index >= 15 is 0 Å². The number of ether oxygens (including phenoxy) is 1. The molecule has 3 unspecified atom stereocenters. The summed E-state index contributed by atoms with van der Waals surface area (Å²) in [5, 5.41) is 17.3. The van der Waals surface area contributed by atoms with E-state index in [1.165, 1.54) is 18.7 Å². The van der Waals surface area contributed by atoms with Gasteiger partial charge in [0.05, 0.1) is 24.4 Å². The molecule has 0 aliphatic carbocycles. The Labute approximate surface area is 190 Å². The molecule has 32 heavy (non-hydrogen) atoms. The minimum Gasteiger partial charge on any atom is -0.506 e. The van der Waals surface area contributed by atoms with Gasteiger partial charge < -0.3 is 25.4 Å². The monoisotopic (exact) mass is 438 g/mol. The van der Waals surface area contributed by atoms with E-state index < -0.39 is 5.97 Å². The number of guanidine groups is 1. The molecule has 0 aromatic heterocycles. The van der Waals surface area contributed by atoms with Gasteiger partial charge >= 0.3 is 5.97 Å². The number of methoxy groups -OCH3 is 1. The van der Waals surface area contributed by atoms with Gasteiger partial charge in [0.1, 0.15) is 5.75 Å². The van der Waals surface area contributed by atoms with E-state index in [4.69, 9.17) is 9.73 Å². The number of benzene rings is 2.